The Balaban J connectivity index is 1.89. The van der Waals surface area contributed by atoms with Crippen LogP contribution in [0.3, 0.4) is 0 Å². The van der Waals surface area contributed by atoms with E-state index >= 15 is 0 Å². The number of aromatic nitrogens is 2. The fraction of sp³-hybridized carbons (Fsp3) is 0.353. The van der Waals surface area contributed by atoms with Crippen molar-refractivity contribution in [2.75, 3.05) is 29.4 Å². The second-order valence-electron chi connectivity index (χ2n) is 5.25. The van der Waals surface area contributed by atoms with E-state index in [2.05, 4.69) is 29.9 Å². The number of carbonyl (C=O) groups excluding carboxylic acids is 1. The summed E-state index contributed by atoms with van der Waals surface area (Å²) in [5, 5.41) is 0. The van der Waals surface area contributed by atoms with Crippen molar-refractivity contribution in [1.82, 2.24) is 9.97 Å². The van der Waals surface area contributed by atoms with E-state index in [1.54, 1.807) is 12.3 Å². The second kappa shape index (κ2) is 6.13. The molecule has 1 aromatic heterocycles. The van der Waals surface area contributed by atoms with Crippen LogP contribution in [0.5, 0.6) is 0 Å². The van der Waals surface area contributed by atoms with Crippen molar-refractivity contribution in [3.8, 4) is 0 Å². The van der Waals surface area contributed by atoms with Gasteiger partial charge in [-0.1, -0.05) is 18.2 Å². The van der Waals surface area contributed by atoms with E-state index in [0.717, 1.165) is 25.2 Å². The topological polar surface area (TPSA) is 49.3 Å². The average Bonchev–Trinajstić information content (AvgIpc) is 3.00. The van der Waals surface area contributed by atoms with Gasteiger partial charge >= 0.3 is 0 Å². The number of fused-ring (bicyclic) bond motifs is 1. The summed E-state index contributed by atoms with van der Waals surface area (Å²) in [4.78, 5) is 25.4. The second-order valence-corrected chi connectivity index (χ2v) is 5.25. The van der Waals surface area contributed by atoms with Crippen molar-refractivity contribution in [3.63, 3.8) is 0 Å². The fourth-order valence-electron chi connectivity index (χ4n) is 2.81. The van der Waals surface area contributed by atoms with Gasteiger partial charge in [0.2, 0.25) is 5.95 Å². The maximum Gasteiger partial charge on any atom is 0.277 e. The first-order valence-corrected chi connectivity index (χ1v) is 7.72. The Morgan fingerprint density at radius 2 is 2.00 bits per heavy atom. The molecular formula is C17H20N4O. The standard InChI is InChI=1S/C17H20N4O/c1-3-20(4-2)17-18-11-9-14(19-17)16(22)21-12-10-13-7-5-6-8-15(13)21/h5-9,11H,3-4,10,12H2,1-2H3. The average molecular weight is 296 g/mol. The molecule has 2 aromatic rings. The van der Waals surface area contributed by atoms with Gasteiger partial charge in [-0.3, -0.25) is 4.79 Å². The van der Waals surface area contributed by atoms with Gasteiger partial charge in [-0.2, -0.15) is 0 Å². The molecule has 0 N–H and O–H groups in total. The van der Waals surface area contributed by atoms with Crippen molar-refractivity contribution in [2.45, 2.75) is 20.3 Å². The molecule has 0 fully saturated rings. The third kappa shape index (κ3) is 2.54. The summed E-state index contributed by atoms with van der Waals surface area (Å²) in [5.41, 5.74) is 2.66. The lowest BCUT2D eigenvalue weighted by Crippen LogP contribution is -2.31. The smallest absolute Gasteiger partial charge is 0.277 e. The van der Waals surface area contributed by atoms with E-state index in [0.29, 0.717) is 18.2 Å². The molecule has 0 saturated carbocycles. The Morgan fingerprint density at radius 3 is 2.77 bits per heavy atom. The van der Waals surface area contributed by atoms with Gasteiger partial charge < -0.3 is 9.80 Å². The first-order valence-electron chi connectivity index (χ1n) is 7.72. The van der Waals surface area contributed by atoms with Gasteiger partial charge in [-0.05, 0) is 38.0 Å². The van der Waals surface area contributed by atoms with Crippen LogP contribution in [0.25, 0.3) is 0 Å². The minimum atomic E-state index is -0.0549. The largest absolute Gasteiger partial charge is 0.341 e. The van der Waals surface area contributed by atoms with Crippen LogP contribution in [-0.2, 0) is 6.42 Å². The summed E-state index contributed by atoms with van der Waals surface area (Å²) < 4.78 is 0. The third-order valence-corrected chi connectivity index (χ3v) is 4.04. The molecule has 1 aromatic carbocycles. The number of rotatable bonds is 4. The number of hydrogen-bond acceptors (Lipinski definition) is 4. The minimum absolute atomic E-state index is 0.0549. The Hall–Kier alpha value is -2.43. The van der Waals surface area contributed by atoms with E-state index in [1.165, 1.54) is 5.56 Å². The normalized spacial score (nSPS) is 13.1. The molecule has 0 bridgehead atoms. The van der Waals surface area contributed by atoms with Crippen molar-refractivity contribution in [1.29, 1.82) is 0 Å². The molecule has 5 heteroatoms. The molecule has 0 spiro atoms. The number of carbonyl (C=O) groups is 1. The summed E-state index contributed by atoms with van der Waals surface area (Å²) in [5.74, 6) is 0.559. The van der Waals surface area contributed by atoms with Crippen LogP contribution in [0.4, 0.5) is 11.6 Å². The van der Waals surface area contributed by atoms with Crippen molar-refractivity contribution < 1.29 is 4.79 Å². The number of nitrogens with zero attached hydrogens (tertiary/aromatic N) is 4. The monoisotopic (exact) mass is 296 g/mol. The Labute approximate surface area is 130 Å². The molecule has 1 aliphatic rings. The molecule has 22 heavy (non-hydrogen) atoms. The third-order valence-electron chi connectivity index (χ3n) is 4.04. The highest BCUT2D eigenvalue weighted by molar-refractivity contribution is 6.06. The summed E-state index contributed by atoms with van der Waals surface area (Å²) in [6, 6.07) is 9.73. The van der Waals surface area contributed by atoms with E-state index in [9.17, 15) is 4.79 Å². The van der Waals surface area contributed by atoms with Crippen LogP contribution in [0.1, 0.15) is 29.9 Å². The number of para-hydroxylation sites is 1. The first-order chi connectivity index (χ1) is 10.7. The van der Waals surface area contributed by atoms with E-state index in [-0.39, 0.29) is 5.91 Å². The number of anilines is 2. The molecule has 0 unspecified atom stereocenters. The lowest BCUT2D eigenvalue weighted by atomic mass is 10.2. The molecular weight excluding hydrogens is 276 g/mol. The minimum Gasteiger partial charge on any atom is -0.341 e. The molecule has 0 saturated heterocycles. The van der Waals surface area contributed by atoms with Crippen molar-refractivity contribution in [3.05, 3.63) is 47.8 Å². The highest BCUT2D eigenvalue weighted by Gasteiger charge is 2.26. The van der Waals surface area contributed by atoms with Crippen LogP contribution < -0.4 is 9.80 Å². The van der Waals surface area contributed by atoms with E-state index < -0.39 is 0 Å². The van der Waals surface area contributed by atoms with Crippen LogP contribution >= 0.6 is 0 Å². The SMILES string of the molecule is CCN(CC)c1nccc(C(=O)N2CCc3ccccc32)n1. The fourth-order valence-corrected chi connectivity index (χ4v) is 2.81. The molecule has 2 heterocycles. The zero-order chi connectivity index (χ0) is 15.5. The summed E-state index contributed by atoms with van der Waals surface area (Å²) in [6.45, 7) is 6.46. The molecule has 1 amide bonds. The highest BCUT2D eigenvalue weighted by atomic mass is 16.2. The number of amides is 1. The van der Waals surface area contributed by atoms with Gasteiger partial charge in [-0.25, -0.2) is 9.97 Å². The van der Waals surface area contributed by atoms with Crippen molar-refractivity contribution >= 4 is 17.5 Å². The zero-order valence-corrected chi connectivity index (χ0v) is 13.0. The molecule has 1 aliphatic heterocycles. The molecule has 5 nitrogen and oxygen atoms in total. The predicted octanol–water partition coefficient (Wildman–Crippen LogP) is 2.53. The predicted molar refractivity (Wildman–Crippen MR) is 87.4 cm³/mol. The molecule has 0 atom stereocenters. The Morgan fingerprint density at radius 1 is 1.23 bits per heavy atom. The molecule has 0 aliphatic carbocycles. The number of benzene rings is 1. The Kier molecular flexibility index (Phi) is 4.04. The zero-order valence-electron chi connectivity index (χ0n) is 13.0. The molecule has 3 rings (SSSR count). The quantitative estimate of drug-likeness (QED) is 0.870. The first kappa shape index (κ1) is 14.5. The van der Waals surface area contributed by atoms with Crippen LogP contribution in [0.15, 0.2) is 36.5 Å². The highest BCUT2D eigenvalue weighted by Crippen LogP contribution is 2.28. The van der Waals surface area contributed by atoms with Gasteiger partial charge in [0.25, 0.3) is 5.91 Å². The van der Waals surface area contributed by atoms with Gasteiger partial charge in [0.05, 0.1) is 0 Å². The van der Waals surface area contributed by atoms with Gasteiger partial charge in [0.15, 0.2) is 0 Å². The summed E-state index contributed by atoms with van der Waals surface area (Å²) >= 11 is 0. The van der Waals surface area contributed by atoms with Gasteiger partial charge in [0, 0.05) is 31.5 Å². The van der Waals surface area contributed by atoms with Gasteiger partial charge in [0.1, 0.15) is 5.69 Å². The number of hydrogen-bond donors (Lipinski definition) is 0. The van der Waals surface area contributed by atoms with Crippen molar-refractivity contribution in [2.24, 2.45) is 0 Å². The lowest BCUT2D eigenvalue weighted by molar-refractivity contribution is 0.0984. The van der Waals surface area contributed by atoms with E-state index in [1.807, 2.05) is 28.0 Å². The van der Waals surface area contributed by atoms with Crippen LogP contribution in [-0.4, -0.2) is 35.5 Å². The maximum atomic E-state index is 12.8. The Bertz CT molecular complexity index is 682. The molecule has 0 radical (unpaired) electrons. The molecule has 114 valence electrons. The maximum absolute atomic E-state index is 12.8. The van der Waals surface area contributed by atoms with E-state index in [4.69, 9.17) is 0 Å². The lowest BCUT2D eigenvalue weighted by Gasteiger charge is -2.20. The van der Waals surface area contributed by atoms with Crippen LogP contribution in [0, 0.1) is 0 Å². The summed E-state index contributed by atoms with van der Waals surface area (Å²) in [6.07, 6.45) is 2.56. The van der Waals surface area contributed by atoms with Crippen LogP contribution in [0.2, 0.25) is 0 Å². The van der Waals surface area contributed by atoms with Gasteiger partial charge in [-0.15, -0.1) is 0 Å². The summed E-state index contributed by atoms with van der Waals surface area (Å²) in [7, 11) is 0.